The molecule has 0 bridgehead atoms. The standard InChI is InChI=1S/C11H17N5O/c1-13-9-5-10(15-7-14-9)16-4-2-3-8(6-16)11(12)17/h5,7-8H,2-4,6H2,1H3,(H2,12,17)(H,13,14,15). The van der Waals surface area contributed by atoms with Crippen LogP contribution in [0.2, 0.25) is 0 Å². The minimum Gasteiger partial charge on any atom is -0.373 e. The van der Waals surface area contributed by atoms with E-state index in [4.69, 9.17) is 5.73 Å². The molecule has 17 heavy (non-hydrogen) atoms. The van der Waals surface area contributed by atoms with E-state index in [1.807, 2.05) is 13.1 Å². The number of anilines is 2. The third kappa shape index (κ3) is 2.64. The van der Waals surface area contributed by atoms with Crippen LogP contribution in [0.1, 0.15) is 12.8 Å². The molecule has 2 rings (SSSR count). The van der Waals surface area contributed by atoms with Crippen LogP contribution in [0, 0.1) is 5.92 Å². The molecule has 0 radical (unpaired) electrons. The molecule has 3 N–H and O–H groups in total. The lowest BCUT2D eigenvalue weighted by Crippen LogP contribution is -2.41. The molecule has 1 atom stereocenters. The highest BCUT2D eigenvalue weighted by molar-refractivity contribution is 5.77. The Labute approximate surface area is 100 Å². The molecule has 1 fully saturated rings. The number of carbonyl (C=O) groups excluding carboxylic acids is 1. The van der Waals surface area contributed by atoms with Crippen molar-refractivity contribution >= 4 is 17.5 Å². The van der Waals surface area contributed by atoms with E-state index in [0.29, 0.717) is 6.54 Å². The van der Waals surface area contributed by atoms with Gasteiger partial charge in [-0.05, 0) is 12.8 Å². The summed E-state index contributed by atoms with van der Waals surface area (Å²) in [6.07, 6.45) is 3.36. The number of aromatic nitrogens is 2. The number of nitrogens with two attached hydrogens (primary N) is 1. The highest BCUT2D eigenvalue weighted by atomic mass is 16.1. The van der Waals surface area contributed by atoms with Gasteiger partial charge in [0.15, 0.2) is 0 Å². The van der Waals surface area contributed by atoms with Crippen LogP contribution >= 0.6 is 0 Å². The zero-order valence-corrected chi connectivity index (χ0v) is 9.89. The van der Waals surface area contributed by atoms with Crippen LogP contribution in [0.15, 0.2) is 12.4 Å². The molecular weight excluding hydrogens is 218 g/mol. The molecule has 6 heteroatoms. The number of rotatable bonds is 3. The Morgan fingerprint density at radius 2 is 2.41 bits per heavy atom. The van der Waals surface area contributed by atoms with Crippen LogP contribution in [0.3, 0.4) is 0 Å². The lowest BCUT2D eigenvalue weighted by Gasteiger charge is -2.32. The molecule has 1 aliphatic heterocycles. The molecule has 0 aliphatic carbocycles. The molecule has 1 aromatic rings. The van der Waals surface area contributed by atoms with Crippen molar-refractivity contribution in [3.63, 3.8) is 0 Å². The Morgan fingerprint density at radius 3 is 3.12 bits per heavy atom. The van der Waals surface area contributed by atoms with E-state index in [-0.39, 0.29) is 11.8 Å². The Morgan fingerprint density at radius 1 is 1.59 bits per heavy atom. The molecule has 0 spiro atoms. The molecule has 1 aliphatic rings. The summed E-state index contributed by atoms with van der Waals surface area (Å²) < 4.78 is 0. The monoisotopic (exact) mass is 235 g/mol. The first-order valence-corrected chi connectivity index (χ1v) is 5.74. The number of hydrogen-bond acceptors (Lipinski definition) is 5. The second-order valence-corrected chi connectivity index (χ2v) is 4.20. The maximum Gasteiger partial charge on any atom is 0.222 e. The molecule has 1 amide bonds. The molecule has 0 aromatic carbocycles. The number of primary amides is 1. The molecule has 1 unspecified atom stereocenters. The van der Waals surface area contributed by atoms with Crippen LogP contribution in [-0.4, -0.2) is 36.0 Å². The van der Waals surface area contributed by atoms with Crippen molar-refractivity contribution in [2.24, 2.45) is 11.7 Å². The summed E-state index contributed by atoms with van der Waals surface area (Å²) in [7, 11) is 1.81. The quantitative estimate of drug-likeness (QED) is 0.783. The molecular formula is C11H17N5O. The van der Waals surface area contributed by atoms with Gasteiger partial charge in [-0.2, -0.15) is 0 Å². The van der Waals surface area contributed by atoms with Crippen molar-refractivity contribution in [3.05, 3.63) is 12.4 Å². The van der Waals surface area contributed by atoms with Gasteiger partial charge in [-0.15, -0.1) is 0 Å². The van der Waals surface area contributed by atoms with E-state index in [9.17, 15) is 4.79 Å². The fourth-order valence-corrected chi connectivity index (χ4v) is 2.07. The lowest BCUT2D eigenvalue weighted by molar-refractivity contribution is -0.122. The zero-order valence-electron chi connectivity index (χ0n) is 9.89. The Hall–Kier alpha value is -1.85. The Kier molecular flexibility index (Phi) is 3.41. The topological polar surface area (TPSA) is 84.1 Å². The summed E-state index contributed by atoms with van der Waals surface area (Å²) in [4.78, 5) is 21.6. The predicted octanol–water partition coefficient (Wildman–Crippen LogP) is 0.220. The van der Waals surface area contributed by atoms with E-state index in [0.717, 1.165) is 31.0 Å². The zero-order chi connectivity index (χ0) is 12.3. The van der Waals surface area contributed by atoms with Gasteiger partial charge >= 0.3 is 0 Å². The summed E-state index contributed by atoms with van der Waals surface area (Å²) in [5.41, 5.74) is 5.35. The number of amides is 1. The second-order valence-electron chi connectivity index (χ2n) is 4.20. The van der Waals surface area contributed by atoms with Crippen molar-refractivity contribution in [2.75, 3.05) is 30.4 Å². The van der Waals surface area contributed by atoms with Gasteiger partial charge in [0.05, 0.1) is 5.92 Å². The van der Waals surface area contributed by atoms with E-state index >= 15 is 0 Å². The normalized spacial score (nSPS) is 20.1. The van der Waals surface area contributed by atoms with Gasteiger partial charge in [-0.1, -0.05) is 0 Å². The average Bonchev–Trinajstić information content (AvgIpc) is 2.39. The molecule has 92 valence electrons. The molecule has 2 heterocycles. The van der Waals surface area contributed by atoms with Crippen molar-refractivity contribution in [1.82, 2.24) is 9.97 Å². The molecule has 1 saturated heterocycles. The maximum absolute atomic E-state index is 11.2. The second kappa shape index (κ2) is 4.99. The van der Waals surface area contributed by atoms with Gasteiger partial charge in [-0.25, -0.2) is 9.97 Å². The van der Waals surface area contributed by atoms with Gasteiger partial charge in [0.25, 0.3) is 0 Å². The molecule has 6 nitrogen and oxygen atoms in total. The fraction of sp³-hybridized carbons (Fsp3) is 0.545. The van der Waals surface area contributed by atoms with Gasteiger partial charge in [0.1, 0.15) is 18.0 Å². The predicted molar refractivity (Wildman–Crippen MR) is 65.7 cm³/mol. The SMILES string of the molecule is CNc1cc(N2CCCC(C(N)=O)C2)ncn1. The van der Waals surface area contributed by atoms with Crippen LogP contribution in [0.4, 0.5) is 11.6 Å². The third-order valence-corrected chi connectivity index (χ3v) is 3.06. The maximum atomic E-state index is 11.2. The first-order chi connectivity index (χ1) is 8.20. The van der Waals surface area contributed by atoms with E-state index in [1.54, 1.807) is 0 Å². The number of nitrogens with one attached hydrogen (secondary N) is 1. The van der Waals surface area contributed by atoms with Gasteiger partial charge in [0.2, 0.25) is 5.91 Å². The smallest absolute Gasteiger partial charge is 0.222 e. The number of carbonyl (C=O) groups is 1. The van der Waals surface area contributed by atoms with Gasteiger partial charge in [0, 0.05) is 26.2 Å². The lowest BCUT2D eigenvalue weighted by atomic mass is 9.97. The first-order valence-electron chi connectivity index (χ1n) is 5.74. The Balaban J connectivity index is 2.13. The summed E-state index contributed by atoms with van der Waals surface area (Å²) in [5, 5.41) is 2.97. The Bertz CT molecular complexity index is 409. The van der Waals surface area contributed by atoms with Crippen molar-refractivity contribution in [2.45, 2.75) is 12.8 Å². The van der Waals surface area contributed by atoms with Crippen LogP contribution in [0.5, 0.6) is 0 Å². The van der Waals surface area contributed by atoms with E-state index in [1.165, 1.54) is 6.33 Å². The minimum atomic E-state index is -0.224. The van der Waals surface area contributed by atoms with Crippen LogP contribution in [0.25, 0.3) is 0 Å². The van der Waals surface area contributed by atoms with Crippen LogP contribution < -0.4 is 16.0 Å². The number of hydrogen-bond donors (Lipinski definition) is 2. The van der Waals surface area contributed by atoms with E-state index in [2.05, 4.69) is 20.2 Å². The summed E-state index contributed by atoms with van der Waals surface area (Å²) in [6.45, 7) is 1.56. The minimum absolute atomic E-state index is 0.0725. The van der Waals surface area contributed by atoms with Crippen molar-refractivity contribution in [1.29, 1.82) is 0 Å². The van der Waals surface area contributed by atoms with Crippen LogP contribution in [-0.2, 0) is 4.79 Å². The summed E-state index contributed by atoms with van der Waals surface area (Å²) in [5.74, 6) is 1.32. The summed E-state index contributed by atoms with van der Waals surface area (Å²) >= 11 is 0. The highest BCUT2D eigenvalue weighted by Gasteiger charge is 2.24. The molecule has 1 aromatic heterocycles. The molecule has 0 saturated carbocycles. The average molecular weight is 235 g/mol. The highest BCUT2D eigenvalue weighted by Crippen LogP contribution is 2.22. The van der Waals surface area contributed by atoms with Gasteiger partial charge in [-0.3, -0.25) is 4.79 Å². The third-order valence-electron chi connectivity index (χ3n) is 3.06. The summed E-state index contributed by atoms with van der Waals surface area (Å²) in [6, 6.07) is 1.88. The first kappa shape index (κ1) is 11.6. The fourth-order valence-electron chi connectivity index (χ4n) is 2.07. The van der Waals surface area contributed by atoms with Gasteiger partial charge < -0.3 is 16.0 Å². The largest absolute Gasteiger partial charge is 0.373 e. The number of piperidine rings is 1. The van der Waals surface area contributed by atoms with Crippen molar-refractivity contribution in [3.8, 4) is 0 Å². The van der Waals surface area contributed by atoms with Crippen molar-refractivity contribution < 1.29 is 4.79 Å². The number of nitrogens with zero attached hydrogens (tertiary/aromatic N) is 3. The van der Waals surface area contributed by atoms with E-state index < -0.39 is 0 Å².